The van der Waals surface area contributed by atoms with Crippen LogP contribution in [0.3, 0.4) is 0 Å². The molecule has 0 radical (unpaired) electrons. The lowest BCUT2D eigenvalue weighted by atomic mass is 10.3. The lowest BCUT2D eigenvalue weighted by molar-refractivity contribution is -0.384. The molecule has 9 heteroatoms. The Balaban J connectivity index is 2.33. The summed E-state index contributed by atoms with van der Waals surface area (Å²) in [6.07, 6.45) is 0. The zero-order chi connectivity index (χ0) is 14.0. The summed E-state index contributed by atoms with van der Waals surface area (Å²) in [7, 11) is 1.80. The van der Waals surface area contributed by atoms with Crippen molar-refractivity contribution in [2.75, 3.05) is 10.7 Å². The SMILES string of the molecule is Cc1cc(Nc2cc([N+](=O)[O-])cc(NN)n2)nn1C. The van der Waals surface area contributed by atoms with Crippen LogP contribution in [0.25, 0.3) is 0 Å². The van der Waals surface area contributed by atoms with Crippen molar-refractivity contribution in [3.63, 3.8) is 0 Å². The fourth-order valence-corrected chi connectivity index (χ4v) is 1.51. The summed E-state index contributed by atoms with van der Waals surface area (Å²) in [5.74, 6) is 6.27. The van der Waals surface area contributed by atoms with Crippen LogP contribution in [0.5, 0.6) is 0 Å². The Kier molecular flexibility index (Phi) is 3.29. The number of nitrogens with zero attached hydrogens (tertiary/aromatic N) is 4. The monoisotopic (exact) mass is 263 g/mol. The number of aromatic nitrogens is 3. The van der Waals surface area contributed by atoms with E-state index in [1.807, 2.05) is 6.92 Å². The zero-order valence-corrected chi connectivity index (χ0v) is 10.4. The maximum atomic E-state index is 10.8. The van der Waals surface area contributed by atoms with Gasteiger partial charge in [-0.1, -0.05) is 0 Å². The average Bonchev–Trinajstić information content (AvgIpc) is 2.67. The average molecular weight is 263 g/mol. The number of pyridine rings is 1. The highest BCUT2D eigenvalue weighted by Crippen LogP contribution is 2.22. The second-order valence-electron chi connectivity index (χ2n) is 3.92. The van der Waals surface area contributed by atoms with Gasteiger partial charge in [0.1, 0.15) is 11.6 Å². The summed E-state index contributed by atoms with van der Waals surface area (Å²) in [5, 5.41) is 17.9. The van der Waals surface area contributed by atoms with Crippen LogP contribution in [0.4, 0.5) is 23.1 Å². The molecule has 2 aromatic heterocycles. The first kappa shape index (κ1) is 12.8. The number of nitrogens with two attached hydrogens (primary N) is 1. The molecule has 0 fully saturated rings. The number of hydrogen-bond donors (Lipinski definition) is 3. The van der Waals surface area contributed by atoms with E-state index in [1.165, 1.54) is 12.1 Å². The van der Waals surface area contributed by atoms with E-state index in [9.17, 15) is 10.1 Å². The molecule has 0 aliphatic rings. The van der Waals surface area contributed by atoms with Gasteiger partial charge in [-0.15, -0.1) is 0 Å². The van der Waals surface area contributed by atoms with Gasteiger partial charge < -0.3 is 10.7 Å². The molecule has 0 spiro atoms. The van der Waals surface area contributed by atoms with Crippen molar-refractivity contribution in [2.45, 2.75) is 6.92 Å². The van der Waals surface area contributed by atoms with Crippen LogP contribution >= 0.6 is 0 Å². The first-order valence-electron chi connectivity index (χ1n) is 5.40. The van der Waals surface area contributed by atoms with Crippen LogP contribution in [-0.2, 0) is 7.05 Å². The van der Waals surface area contributed by atoms with Gasteiger partial charge in [0.2, 0.25) is 0 Å². The van der Waals surface area contributed by atoms with Gasteiger partial charge in [-0.3, -0.25) is 14.8 Å². The molecule has 0 aliphatic carbocycles. The van der Waals surface area contributed by atoms with Gasteiger partial charge in [0.25, 0.3) is 5.69 Å². The Morgan fingerprint density at radius 1 is 1.32 bits per heavy atom. The van der Waals surface area contributed by atoms with Gasteiger partial charge in [-0.2, -0.15) is 5.10 Å². The fourth-order valence-electron chi connectivity index (χ4n) is 1.51. The van der Waals surface area contributed by atoms with Crippen LogP contribution in [0.2, 0.25) is 0 Å². The van der Waals surface area contributed by atoms with E-state index in [1.54, 1.807) is 17.8 Å². The van der Waals surface area contributed by atoms with Crippen LogP contribution in [0.1, 0.15) is 5.69 Å². The second kappa shape index (κ2) is 4.90. The first-order chi connectivity index (χ1) is 8.99. The van der Waals surface area contributed by atoms with Crippen molar-refractivity contribution < 1.29 is 4.92 Å². The van der Waals surface area contributed by atoms with Crippen molar-refractivity contribution in [3.8, 4) is 0 Å². The minimum Gasteiger partial charge on any atom is -0.323 e. The highest BCUT2D eigenvalue weighted by Gasteiger charge is 2.12. The Labute approximate surface area is 108 Å². The van der Waals surface area contributed by atoms with E-state index >= 15 is 0 Å². The Hall–Kier alpha value is -2.68. The van der Waals surface area contributed by atoms with Crippen LogP contribution in [-0.4, -0.2) is 19.7 Å². The number of aryl methyl sites for hydroxylation is 2. The third-order valence-corrected chi connectivity index (χ3v) is 2.54. The van der Waals surface area contributed by atoms with E-state index in [0.29, 0.717) is 11.6 Å². The molecule has 0 atom stereocenters. The lowest BCUT2D eigenvalue weighted by Crippen LogP contribution is -2.10. The van der Waals surface area contributed by atoms with E-state index in [2.05, 4.69) is 20.8 Å². The van der Waals surface area contributed by atoms with Crippen molar-refractivity contribution in [1.29, 1.82) is 0 Å². The molecule has 2 aromatic rings. The van der Waals surface area contributed by atoms with E-state index in [0.717, 1.165) is 5.69 Å². The standard InChI is InChI=1S/C10H13N7O2/c1-6-3-10(15-16(6)2)13-8-4-7(17(18)19)5-9(12-8)14-11/h3-5H,11H2,1-2H3,(H2,12,13,14,15). The number of rotatable bonds is 4. The fraction of sp³-hybridized carbons (Fsp3) is 0.200. The molecule has 9 nitrogen and oxygen atoms in total. The highest BCUT2D eigenvalue weighted by atomic mass is 16.6. The third-order valence-electron chi connectivity index (χ3n) is 2.54. The Bertz CT molecular complexity index is 603. The maximum absolute atomic E-state index is 10.8. The first-order valence-corrected chi connectivity index (χ1v) is 5.40. The van der Waals surface area contributed by atoms with Crippen molar-refractivity contribution in [1.82, 2.24) is 14.8 Å². The normalized spacial score (nSPS) is 10.3. The summed E-state index contributed by atoms with van der Waals surface area (Å²) < 4.78 is 1.68. The molecule has 0 aromatic carbocycles. The number of nitrogen functional groups attached to an aromatic ring is 1. The minimum absolute atomic E-state index is 0.113. The molecule has 0 aliphatic heterocycles. The molecule has 0 unspecified atom stereocenters. The summed E-state index contributed by atoms with van der Waals surface area (Å²) >= 11 is 0. The lowest BCUT2D eigenvalue weighted by Gasteiger charge is -2.05. The number of hydrogen-bond acceptors (Lipinski definition) is 7. The molecule has 4 N–H and O–H groups in total. The maximum Gasteiger partial charge on any atom is 0.276 e. The highest BCUT2D eigenvalue weighted by molar-refractivity contribution is 5.59. The van der Waals surface area contributed by atoms with E-state index in [4.69, 9.17) is 5.84 Å². The third kappa shape index (κ3) is 2.77. The topological polar surface area (TPSA) is 124 Å². The molecule has 0 saturated carbocycles. The van der Waals surface area contributed by atoms with Gasteiger partial charge in [-0.05, 0) is 6.92 Å². The predicted molar refractivity (Wildman–Crippen MR) is 69.9 cm³/mol. The van der Waals surface area contributed by atoms with Gasteiger partial charge in [0.15, 0.2) is 5.82 Å². The molecule has 2 rings (SSSR count). The number of hydrazine groups is 1. The number of anilines is 3. The van der Waals surface area contributed by atoms with Crippen molar-refractivity contribution in [2.24, 2.45) is 12.9 Å². The quantitative estimate of drug-likeness (QED) is 0.428. The van der Waals surface area contributed by atoms with E-state index < -0.39 is 4.92 Å². The largest absolute Gasteiger partial charge is 0.323 e. The summed E-state index contributed by atoms with van der Waals surface area (Å²) in [5.41, 5.74) is 3.12. The van der Waals surface area contributed by atoms with E-state index in [-0.39, 0.29) is 11.5 Å². The molecule has 19 heavy (non-hydrogen) atoms. The zero-order valence-electron chi connectivity index (χ0n) is 10.4. The predicted octanol–water partition coefficient (Wildman–Crippen LogP) is 1.06. The molecular formula is C10H13N7O2. The second-order valence-corrected chi connectivity index (χ2v) is 3.92. The Morgan fingerprint density at radius 2 is 2.00 bits per heavy atom. The summed E-state index contributed by atoms with van der Waals surface area (Å²) in [6, 6.07) is 4.36. The van der Waals surface area contributed by atoms with Gasteiger partial charge >= 0.3 is 0 Å². The van der Waals surface area contributed by atoms with Gasteiger partial charge in [0, 0.05) is 18.8 Å². The molecule has 100 valence electrons. The molecular weight excluding hydrogens is 250 g/mol. The number of nitro groups is 1. The van der Waals surface area contributed by atoms with Gasteiger partial charge in [-0.25, -0.2) is 10.8 Å². The van der Waals surface area contributed by atoms with Crippen LogP contribution in [0.15, 0.2) is 18.2 Å². The van der Waals surface area contributed by atoms with Crippen molar-refractivity contribution >= 4 is 23.1 Å². The van der Waals surface area contributed by atoms with Crippen LogP contribution in [0, 0.1) is 17.0 Å². The smallest absolute Gasteiger partial charge is 0.276 e. The Morgan fingerprint density at radius 3 is 2.53 bits per heavy atom. The summed E-state index contributed by atoms with van der Waals surface area (Å²) in [6.45, 7) is 1.89. The van der Waals surface area contributed by atoms with Gasteiger partial charge in [0.05, 0.1) is 17.1 Å². The summed E-state index contributed by atoms with van der Waals surface area (Å²) in [4.78, 5) is 14.3. The molecule has 0 saturated heterocycles. The molecule has 0 bridgehead atoms. The van der Waals surface area contributed by atoms with Crippen molar-refractivity contribution in [3.05, 3.63) is 34.0 Å². The number of nitrogens with one attached hydrogen (secondary N) is 2. The molecule has 2 heterocycles. The molecule has 0 amide bonds. The van der Waals surface area contributed by atoms with Crippen LogP contribution < -0.4 is 16.6 Å². The minimum atomic E-state index is -0.516.